The van der Waals surface area contributed by atoms with E-state index < -0.39 is 0 Å². The zero-order valence-electron chi connectivity index (χ0n) is 6.27. The van der Waals surface area contributed by atoms with Crippen LogP contribution in [0.4, 0.5) is 0 Å². The molecule has 1 aromatic rings. The van der Waals surface area contributed by atoms with E-state index in [0.717, 1.165) is 0 Å². The molecule has 0 aliphatic carbocycles. The van der Waals surface area contributed by atoms with Gasteiger partial charge in [-0.05, 0) is 12.1 Å². The molecule has 5 nitrogen and oxygen atoms in total. The van der Waals surface area contributed by atoms with Crippen LogP contribution in [-0.4, -0.2) is 11.3 Å². The Balaban J connectivity index is 2.68. The summed E-state index contributed by atoms with van der Waals surface area (Å²) in [5.41, 5.74) is 2.65. The number of aromatic hydroxyl groups is 1. The fourth-order valence-electron chi connectivity index (χ4n) is 0.723. The standard InChI is InChI=1S/C7H9N3O2/c8-12-10-9-5-6-3-1-2-4-7(6)11/h1-5,10-11H,8H2/b9-5+. The number of phenols is 1. The highest BCUT2D eigenvalue weighted by atomic mass is 16.8. The first kappa shape index (κ1) is 8.51. The Morgan fingerprint density at radius 3 is 2.92 bits per heavy atom. The fourth-order valence-corrected chi connectivity index (χ4v) is 0.723. The highest BCUT2D eigenvalue weighted by molar-refractivity contribution is 5.82. The van der Waals surface area contributed by atoms with E-state index in [1.807, 2.05) is 0 Å². The molecule has 0 atom stereocenters. The van der Waals surface area contributed by atoms with E-state index in [2.05, 4.69) is 21.5 Å². The monoisotopic (exact) mass is 167 g/mol. The number of rotatable bonds is 3. The van der Waals surface area contributed by atoms with Crippen molar-refractivity contribution in [2.75, 3.05) is 0 Å². The zero-order valence-corrected chi connectivity index (χ0v) is 6.27. The molecule has 0 saturated carbocycles. The van der Waals surface area contributed by atoms with Crippen LogP contribution in [0.1, 0.15) is 5.56 Å². The van der Waals surface area contributed by atoms with Gasteiger partial charge in [0.15, 0.2) is 0 Å². The lowest BCUT2D eigenvalue weighted by atomic mass is 10.2. The third-order valence-corrected chi connectivity index (χ3v) is 1.25. The number of benzene rings is 1. The number of nitrogens with zero attached hydrogens (tertiary/aromatic N) is 1. The molecule has 0 saturated heterocycles. The fraction of sp³-hybridized carbons (Fsp3) is 0. The average molecular weight is 167 g/mol. The molecular formula is C7H9N3O2. The minimum atomic E-state index is 0.153. The maximum atomic E-state index is 9.22. The van der Waals surface area contributed by atoms with Gasteiger partial charge >= 0.3 is 0 Å². The van der Waals surface area contributed by atoms with Gasteiger partial charge in [0.25, 0.3) is 0 Å². The van der Waals surface area contributed by atoms with Gasteiger partial charge in [-0.15, -0.1) is 0 Å². The van der Waals surface area contributed by atoms with E-state index in [9.17, 15) is 5.11 Å². The molecule has 0 aliphatic rings. The molecule has 4 N–H and O–H groups in total. The molecule has 0 spiro atoms. The highest BCUT2D eigenvalue weighted by Crippen LogP contribution is 2.12. The summed E-state index contributed by atoms with van der Waals surface area (Å²) >= 11 is 0. The molecule has 1 rings (SSSR count). The van der Waals surface area contributed by atoms with Crippen molar-refractivity contribution in [2.24, 2.45) is 11.0 Å². The lowest BCUT2D eigenvalue weighted by Crippen LogP contribution is -2.12. The van der Waals surface area contributed by atoms with Crippen LogP contribution in [0.15, 0.2) is 29.4 Å². The van der Waals surface area contributed by atoms with Crippen molar-refractivity contribution in [3.8, 4) is 5.75 Å². The summed E-state index contributed by atoms with van der Waals surface area (Å²) in [7, 11) is 0. The zero-order chi connectivity index (χ0) is 8.81. The molecule has 0 aliphatic heterocycles. The normalized spacial score (nSPS) is 10.4. The second kappa shape index (κ2) is 4.32. The van der Waals surface area contributed by atoms with E-state index >= 15 is 0 Å². The second-order valence-corrected chi connectivity index (χ2v) is 2.03. The first-order chi connectivity index (χ1) is 5.84. The van der Waals surface area contributed by atoms with Crippen molar-refractivity contribution in [1.82, 2.24) is 5.59 Å². The predicted octanol–water partition coefficient (Wildman–Crippen LogP) is 0.121. The summed E-state index contributed by atoms with van der Waals surface area (Å²) in [6.45, 7) is 0. The van der Waals surface area contributed by atoms with E-state index in [-0.39, 0.29) is 5.75 Å². The minimum absolute atomic E-state index is 0.153. The Kier molecular flexibility index (Phi) is 3.06. The number of nitrogens with one attached hydrogen (secondary N) is 1. The molecule has 0 heterocycles. The van der Waals surface area contributed by atoms with Crippen molar-refractivity contribution in [1.29, 1.82) is 0 Å². The van der Waals surface area contributed by atoms with Gasteiger partial charge < -0.3 is 5.11 Å². The largest absolute Gasteiger partial charge is 0.507 e. The van der Waals surface area contributed by atoms with Gasteiger partial charge in [-0.1, -0.05) is 12.1 Å². The second-order valence-electron chi connectivity index (χ2n) is 2.03. The Bertz CT molecular complexity index is 275. The van der Waals surface area contributed by atoms with Gasteiger partial charge in [-0.25, -0.2) is 0 Å². The Morgan fingerprint density at radius 1 is 1.50 bits per heavy atom. The average Bonchev–Trinajstić information content (AvgIpc) is 2.09. The molecular weight excluding hydrogens is 158 g/mol. The van der Waals surface area contributed by atoms with E-state index in [0.29, 0.717) is 5.56 Å². The van der Waals surface area contributed by atoms with Crippen LogP contribution in [-0.2, 0) is 4.94 Å². The summed E-state index contributed by atoms with van der Waals surface area (Å²) in [5, 5.41) is 12.8. The van der Waals surface area contributed by atoms with Crippen molar-refractivity contribution < 1.29 is 10.0 Å². The van der Waals surface area contributed by atoms with E-state index in [4.69, 9.17) is 0 Å². The molecule has 5 heteroatoms. The quantitative estimate of drug-likeness (QED) is 0.441. The minimum Gasteiger partial charge on any atom is -0.507 e. The highest BCUT2D eigenvalue weighted by Gasteiger charge is 1.93. The van der Waals surface area contributed by atoms with Gasteiger partial charge in [0.2, 0.25) is 0 Å². The van der Waals surface area contributed by atoms with Crippen molar-refractivity contribution >= 4 is 6.21 Å². The van der Waals surface area contributed by atoms with Crippen molar-refractivity contribution in [2.45, 2.75) is 0 Å². The van der Waals surface area contributed by atoms with Crippen molar-refractivity contribution in [3.63, 3.8) is 0 Å². The predicted molar refractivity (Wildman–Crippen MR) is 44.1 cm³/mol. The Hall–Kier alpha value is -1.59. The first-order valence-corrected chi connectivity index (χ1v) is 3.26. The van der Waals surface area contributed by atoms with E-state index in [1.54, 1.807) is 24.3 Å². The molecule has 1 aromatic carbocycles. The summed E-state index contributed by atoms with van der Waals surface area (Å²) in [4.78, 5) is 3.97. The van der Waals surface area contributed by atoms with Gasteiger partial charge in [0.1, 0.15) is 5.75 Å². The van der Waals surface area contributed by atoms with Gasteiger partial charge in [0, 0.05) is 5.56 Å². The smallest absolute Gasteiger partial charge is 0.124 e. The van der Waals surface area contributed by atoms with Gasteiger partial charge in [-0.3, -0.25) is 0 Å². The van der Waals surface area contributed by atoms with Crippen LogP contribution in [0.25, 0.3) is 0 Å². The SMILES string of the molecule is NON/N=C/c1ccccc1O. The number of para-hydroxylation sites is 1. The lowest BCUT2D eigenvalue weighted by molar-refractivity contribution is 0.0435. The van der Waals surface area contributed by atoms with Gasteiger partial charge in [0.05, 0.1) is 6.21 Å². The number of hydrogen-bond donors (Lipinski definition) is 3. The molecule has 12 heavy (non-hydrogen) atoms. The first-order valence-electron chi connectivity index (χ1n) is 3.26. The molecule has 0 aromatic heterocycles. The third-order valence-electron chi connectivity index (χ3n) is 1.25. The molecule has 0 amide bonds. The maximum absolute atomic E-state index is 9.22. The molecule has 0 bridgehead atoms. The van der Waals surface area contributed by atoms with E-state index in [1.165, 1.54) is 6.21 Å². The third kappa shape index (κ3) is 2.22. The summed E-state index contributed by atoms with van der Waals surface area (Å²) in [6, 6.07) is 6.77. The topological polar surface area (TPSA) is 79.9 Å². The van der Waals surface area contributed by atoms with Crippen molar-refractivity contribution in [3.05, 3.63) is 29.8 Å². The summed E-state index contributed by atoms with van der Waals surface area (Å²) in [6.07, 6.45) is 1.39. The molecule has 0 unspecified atom stereocenters. The summed E-state index contributed by atoms with van der Waals surface area (Å²) in [5.74, 6) is 4.80. The van der Waals surface area contributed by atoms with Crippen LogP contribution in [0.2, 0.25) is 0 Å². The van der Waals surface area contributed by atoms with Crippen LogP contribution >= 0.6 is 0 Å². The van der Waals surface area contributed by atoms with Crippen LogP contribution in [0.3, 0.4) is 0 Å². The number of hydrazone groups is 1. The van der Waals surface area contributed by atoms with Gasteiger partial charge in [-0.2, -0.15) is 21.5 Å². The van der Waals surface area contributed by atoms with Crippen LogP contribution in [0, 0.1) is 0 Å². The number of nitrogens with two attached hydrogens (primary N) is 1. The Morgan fingerprint density at radius 2 is 2.25 bits per heavy atom. The molecule has 0 radical (unpaired) electrons. The number of phenolic OH excluding ortho intramolecular Hbond substituents is 1. The van der Waals surface area contributed by atoms with Crippen LogP contribution < -0.4 is 11.5 Å². The van der Waals surface area contributed by atoms with Crippen LogP contribution in [0.5, 0.6) is 5.75 Å². The Labute approximate surface area is 69.4 Å². The number of hydrogen-bond acceptors (Lipinski definition) is 5. The molecule has 64 valence electrons. The molecule has 0 fully saturated rings. The maximum Gasteiger partial charge on any atom is 0.124 e. The summed E-state index contributed by atoms with van der Waals surface area (Å²) < 4.78 is 0. The lowest BCUT2D eigenvalue weighted by Gasteiger charge is -1.96.